The summed E-state index contributed by atoms with van der Waals surface area (Å²) < 4.78 is 4.46. The molecule has 7 heteroatoms. The van der Waals surface area contributed by atoms with Crippen molar-refractivity contribution in [2.75, 3.05) is 20.3 Å². The molecule has 0 spiro atoms. The lowest BCUT2D eigenvalue weighted by Crippen LogP contribution is -2.42. The van der Waals surface area contributed by atoms with E-state index < -0.39 is 24.6 Å². The lowest BCUT2D eigenvalue weighted by atomic mass is 10.4. The highest BCUT2D eigenvalue weighted by Crippen LogP contribution is 1.78. The van der Waals surface area contributed by atoms with Gasteiger partial charge in [-0.05, 0) is 0 Å². The van der Waals surface area contributed by atoms with Crippen molar-refractivity contribution in [1.82, 2.24) is 10.6 Å². The molecule has 0 heterocycles. The van der Waals surface area contributed by atoms with Crippen LogP contribution in [0.3, 0.4) is 0 Å². The van der Waals surface area contributed by atoms with Gasteiger partial charge in [-0.25, -0.2) is 4.79 Å². The van der Waals surface area contributed by atoms with E-state index in [1.54, 1.807) is 0 Å². The van der Waals surface area contributed by atoms with Crippen molar-refractivity contribution in [2.45, 2.75) is 6.10 Å². The van der Waals surface area contributed by atoms with Gasteiger partial charge < -0.3 is 20.3 Å². The lowest BCUT2D eigenvalue weighted by molar-refractivity contribution is -0.115. The number of amides is 3. The number of aliphatic hydroxyl groups excluding tert-OH is 2. The molecule has 0 aliphatic rings. The maximum Gasteiger partial charge on any atom is 0.321 e. The molecular weight excluding hydrogens is 204 g/mol. The maximum absolute atomic E-state index is 10.9. The number of methoxy groups -OCH3 is 1. The van der Waals surface area contributed by atoms with Crippen LogP contribution < -0.4 is 10.6 Å². The number of aliphatic hydroxyl groups is 2. The van der Waals surface area contributed by atoms with Gasteiger partial charge in [-0.1, -0.05) is 0 Å². The fourth-order valence-electron chi connectivity index (χ4n) is 0.603. The highest BCUT2D eigenvalue weighted by atomic mass is 16.5. The molecule has 15 heavy (non-hydrogen) atoms. The molecule has 0 rings (SSSR count). The van der Waals surface area contributed by atoms with Gasteiger partial charge in [0.05, 0.1) is 26.1 Å². The second-order valence-electron chi connectivity index (χ2n) is 2.57. The molecule has 7 nitrogen and oxygen atoms in total. The second kappa shape index (κ2) is 7.77. The van der Waals surface area contributed by atoms with E-state index in [4.69, 9.17) is 10.2 Å². The normalized spacial score (nSPS) is 12.2. The molecule has 0 aromatic rings. The minimum absolute atomic E-state index is 0.135. The third-order valence-corrected chi connectivity index (χ3v) is 1.30. The Balaban J connectivity index is 3.74. The van der Waals surface area contributed by atoms with E-state index in [-0.39, 0.29) is 6.54 Å². The number of imide groups is 1. The molecule has 0 bridgehead atoms. The number of hydrogen-bond donors (Lipinski definition) is 4. The number of carbonyl (C=O) groups excluding carboxylic acids is 2. The Morgan fingerprint density at radius 1 is 1.53 bits per heavy atom. The molecule has 0 aromatic carbocycles. The minimum Gasteiger partial charge on any atom is -0.504 e. The molecule has 0 saturated carbocycles. The van der Waals surface area contributed by atoms with Gasteiger partial charge in [-0.3, -0.25) is 10.1 Å². The smallest absolute Gasteiger partial charge is 0.321 e. The van der Waals surface area contributed by atoms with Crippen LogP contribution in [-0.4, -0.2) is 48.5 Å². The average Bonchev–Trinajstić information content (AvgIpc) is 2.22. The Labute approximate surface area is 86.7 Å². The molecule has 0 aromatic heterocycles. The summed E-state index contributed by atoms with van der Waals surface area (Å²) in [5.41, 5.74) is 0. The quantitative estimate of drug-likeness (QED) is 0.326. The summed E-state index contributed by atoms with van der Waals surface area (Å²) in [6.45, 7) is -0.596. The van der Waals surface area contributed by atoms with Crippen molar-refractivity contribution in [3.05, 3.63) is 12.3 Å². The zero-order valence-electron chi connectivity index (χ0n) is 8.27. The van der Waals surface area contributed by atoms with Gasteiger partial charge in [-0.15, -0.1) is 0 Å². The molecule has 0 radical (unpaired) electrons. The standard InChI is InChI=1S/C8H14N2O5/c1-15-3-2-7(13)10-8(14)9-4-6(12)5-11/h2-3,6,11-12H,4-5H2,1H3,(H2,9,10,13,14)/b3-2+. The summed E-state index contributed by atoms with van der Waals surface area (Å²) in [7, 11) is 1.36. The highest BCUT2D eigenvalue weighted by Gasteiger charge is 2.07. The van der Waals surface area contributed by atoms with Gasteiger partial charge in [-0.2, -0.15) is 0 Å². The van der Waals surface area contributed by atoms with Crippen LogP contribution in [0, 0.1) is 0 Å². The maximum atomic E-state index is 10.9. The van der Waals surface area contributed by atoms with E-state index in [1.807, 2.05) is 5.32 Å². The predicted molar refractivity (Wildman–Crippen MR) is 50.8 cm³/mol. The summed E-state index contributed by atoms with van der Waals surface area (Å²) in [4.78, 5) is 21.8. The summed E-state index contributed by atoms with van der Waals surface area (Å²) >= 11 is 0. The summed E-state index contributed by atoms with van der Waals surface area (Å²) in [5, 5.41) is 21.4. The van der Waals surface area contributed by atoms with Crippen LogP contribution in [0.15, 0.2) is 12.3 Å². The van der Waals surface area contributed by atoms with Crippen LogP contribution in [0.1, 0.15) is 0 Å². The van der Waals surface area contributed by atoms with Crippen LogP contribution >= 0.6 is 0 Å². The predicted octanol–water partition coefficient (Wildman–Crippen LogP) is -1.67. The second-order valence-corrected chi connectivity index (χ2v) is 2.57. The zero-order chi connectivity index (χ0) is 11.7. The van der Waals surface area contributed by atoms with Gasteiger partial charge >= 0.3 is 6.03 Å². The van der Waals surface area contributed by atoms with Crippen LogP contribution in [-0.2, 0) is 9.53 Å². The van der Waals surface area contributed by atoms with Crippen LogP contribution in [0.25, 0.3) is 0 Å². The summed E-state index contributed by atoms with van der Waals surface area (Å²) in [6.07, 6.45) is 1.10. The lowest BCUT2D eigenvalue weighted by Gasteiger charge is -2.08. The molecule has 0 aliphatic heterocycles. The van der Waals surface area contributed by atoms with Gasteiger partial charge in [0.25, 0.3) is 5.91 Å². The van der Waals surface area contributed by atoms with Crippen LogP contribution in [0.4, 0.5) is 4.79 Å². The van der Waals surface area contributed by atoms with Crippen LogP contribution in [0.2, 0.25) is 0 Å². The summed E-state index contributed by atoms with van der Waals surface area (Å²) in [6, 6.07) is -0.756. The number of nitrogens with one attached hydrogen (secondary N) is 2. The fraction of sp³-hybridized carbons (Fsp3) is 0.500. The van der Waals surface area contributed by atoms with Gasteiger partial charge in [0.15, 0.2) is 0 Å². The monoisotopic (exact) mass is 218 g/mol. The summed E-state index contributed by atoms with van der Waals surface area (Å²) in [5.74, 6) is -0.646. The molecule has 1 unspecified atom stereocenters. The van der Waals surface area contributed by atoms with E-state index in [2.05, 4.69) is 10.1 Å². The highest BCUT2D eigenvalue weighted by molar-refractivity contribution is 6.00. The largest absolute Gasteiger partial charge is 0.504 e. The first-order valence-corrected chi connectivity index (χ1v) is 4.17. The van der Waals surface area contributed by atoms with E-state index in [9.17, 15) is 9.59 Å². The van der Waals surface area contributed by atoms with E-state index in [1.165, 1.54) is 7.11 Å². The van der Waals surface area contributed by atoms with Gasteiger partial charge in [0.1, 0.15) is 0 Å². The van der Waals surface area contributed by atoms with Crippen molar-refractivity contribution in [1.29, 1.82) is 0 Å². The van der Waals surface area contributed by atoms with Crippen molar-refractivity contribution >= 4 is 11.9 Å². The Morgan fingerprint density at radius 2 is 2.20 bits per heavy atom. The number of urea groups is 1. The number of hydrogen-bond acceptors (Lipinski definition) is 5. The first kappa shape index (κ1) is 13.4. The van der Waals surface area contributed by atoms with Crippen molar-refractivity contribution in [3.8, 4) is 0 Å². The Bertz CT molecular complexity index is 241. The number of carbonyl (C=O) groups is 2. The van der Waals surface area contributed by atoms with Gasteiger partial charge in [0.2, 0.25) is 0 Å². The van der Waals surface area contributed by atoms with E-state index >= 15 is 0 Å². The third kappa shape index (κ3) is 7.47. The minimum atomic E-state index is -1.04. The Morgan fingerprint density at radius 3 is 2.73 bits per heavy atom. The molecule has 0 fully saturated rings. The van der Waals surface area contributed by atoms with E-state index in [0.29, 0.717) is 0 Å². The van der Waals surface area contributed by atoms with Crippen molar-refractivity contribution in [3.63, 3.8) is 0 Å². The Kier molecular flexibility index (Phi) is 6.94. The molecule has 0 saturated heterocycles. The average molecular weight is 218 g/mol. The topological polar surface area (TPSA) is 108 Å². The molecule has 3 amide bonds. The fourth-order valence-corrected chi connectivity index (χ4v) is 0.603. The van der Waals surface area contributed by atoms with Crippen molar-refractivity contribution < 1.29 is 24.5 Å². The molecule has 86 valence electrons. The first-order chi connectivity index (χ1) is 7.10. The first-order valence-electron chi connectivity index (χ1n) is 4.17. The van der Waals surface area contributed by atoms with Crippen molar-refractivity contribution in [2.24, 2.45) is 0 Å². The zero-order valence-corrected chi connectivity index (χ0v) is 8.27. The third-order valence-electron chi connectivity index (χ3n) is 1.30. The van der Waals surface area contributed by atoms with Gasteiger partial charge in [0, 0.05) is 12.6 Å². The van der Waals surface area contributed by atoms with Crippen LogP contribution in [0.5, 0.6) is 0 Å². The SMILES string of the molecule is CO/C=C/C(=O)NC(=O)NCC(O)CO. The Hall–Kier alpha value is -1.60. The molecule has 0 aliphatic carbocycles. The molecule has 1 atom stereocenters. The molecule has 4 N–H and O–H groups in total. The molecular formula is C8H14N2O5. The van der Waals surface area contributed by atoms with E-state index in [0.717, 1.165) is 12.3 Å². The number of rotatable bonds is 5. The number of ether oxygens (including phenoxy) is 1.